The molecule has 1 aliphatic carbocycles. The van der Waals surface area contributed by atoms with Crippen molar-refractivity contribution in [1.82, 2.24) is 9.38 Å². The number of nitrogens with zero attached hydrogens (tertiary/aromatic N) is 3. The third-order valence-corrected chi connectivity index (χ3v) is 4.22. The number of imidazole rings is 1. The SMILES string of the molecule is CCN(c1cccc2nccn12)C1CCC(N)CC1. The van der Waals surface area contributed by atoms with Crippen molar-refractivity contribution in [2.75, 3.05) is 11.4 Å². The van der Waals surface area contributed by atoms with E-state index in [9.17, 15) is 0 Å². The fourth-order valence-corrected chi connectivity index (χ4v) is 3.19. The Labute approximate surface area is 114 Å². The van der Waals surface area contributed by atoms with Gasteiger partial charge in [-0.05, 0) is 44.7 Å². The van der Waals surface area contributed by atoms with Crippen LogP contribution < -0.4 is 10.6 Å². The second kappa shape index (κ2) is 5.21. The van der Waals surface area contributed by atoms with Crippen LogP contribution in [0.3, 0.4) is 0 Å². The fraction of sp³-hybridized carbons (Fsp3) is 0.533. The van der Waals surface area contributed by atoms with Crippen LogP contribution in [0.2, 0.25) is 0 Å². The van der Waals surface area contributed by atoms with Gasteiger partial charge in [-0.15, -0.1) is 0 Å². The molecular weight excluding hydrogens is 236 g/mol. The Hall–Kier alpha value is -1.55. The van der Waals surface area contributed by atoms with Crippen molar-refractivity contribution in [2.24, 2.45) is 5.73 Å². The van der Waals surface area contributed by atoms with Crippen LogP contribution in [-0.2, 0) is 0 Å². The van der Waals surface area contributed by atoms with Crippen LogP contribution in [-0.4, -0.2) is 28.0 Å². The summed E-state index contributed by atoms with van der Waals surface area (Å²) in [5, 5.41) is 0. The summed E-state index contributed by atoms with van der Waals surface area (Å²) >= 11 is 0. The third-order valence-electron chi connectivity index (χ3n) is 4.22. The van der Waals surface area contributed by atoms with Crippen molar-refractivity contribution in [3.63, 3.8) is 0 Å². The van der Waals surface area contributed by atoms with E-state index in [2.05, 4.69) is 33.3 Å². The Morgan fingerprint density at radius 2 is 2.11 bits per heavy atom. The molecule has 0 aliphatic heterocycles. The molecule has 2 aromatic heterocycles. The zero-order valence-corrected chi connectivity index (χ0v) is 11.5. The van der Waals surface area contributed by atoms with E-state index in [0.717, 1.165) is 25.0 Å². The molecule has 4 heteroatoms. The zero-order chi connectivity index (χ0) is 13.2. The Balaban J connectivity index is 1.91. The maximum absolute atomic E-state index is 6.02. The molecule has 0 saturated heterocycles. The minimum atomic E-state index is 0.402. The summed E-state index contributed by atoms with van der Waals surface area (Å²) in [4.78, 5) is 6.87. The first kappa shape index (κ1) is 12.5. The number of hydrogen-bond acceptors (Lipinski definition) is 3. The molecule has 2 N–H and O–H groups in total. The van der Waals surface area contributed by atoms with E-state index in [4.69, 9.17) is 5.73 Å². The number of anilines is 1. The second-order valence-corrected chi connectivity index (χ2v) is 5.39. The van der Waals surface area contributed by atoms with Crippen LogP contribution in [0.15, 0.2) is 30.6 Å². The molecule has 3 rings (SSSR count). The second-order valence-electron chi connectivity index (χ2n) is 5.39. The van der Waals surface area contributed by atoms with E-state index in [0.29, 0.717) is 12.1 Å². The Morgan fingerprint density at radius 3 is 2.84 bits per heavy atom. The van der Waals surface area contributed by atoms with Gasteiger partial charge in [0.15, 0.2) is 0 Å². The van der Waals surface area contributed by atoms with Gasteiger partial charge in [0.05, 0.1) is 0 Å². The summed E-state index contributed by atoms with van der Waals surface area (Å²) in [6.45, 7) is 3.25. The Morgan fingerprint density at radius 1 is 1.32 bits per heavy atom. The van der Waals surface area contributed by atoms with Crippen LogP contribution in [0.5, 0.6) is 0 Å². The van der Waals surface area contributed by atoms with Gasteiger partial charge in [0.2, 0.25) is 0 Å². The van der Waals surface area contributed by atoms with Gasteiger partial charge in [0, 0.05) is 31.0 Å². The average Bonchev–Trinajstić information content (AvgIpc) is 2.91. The van der Waals surface area contributed by atoms with Gasteiger partial charge in [-0.25, -0.2) is 4.98 Å². The first-order chi connectivity index (χ1) is 9.29. The molecule has 1 saturated carbocycles. The highest BCUT2D eigenvalue weighted by molar-refractivity contribution is 5.52. The molecule has 0 unspecified atom stereocenters. The number of fused-ring (bicyclic) bond motifs is 1. The molecule has 0 bridgehead atoms. The third kappa shape index (κ3) is 2.32. The summed E-state index contributed by atoms with van der Waals surface area (Å²) in [6.07, 6.45) is 8.58. The van der Waals surface area contributed by atoms with Crippen LogP contribution in [0, 0.1) is 0 Å². The van der Waals surface area contributed by atoms with Gasteiger partial charge < -0.3 is 10.6 Å². The summed E-state index contributed by atoms with van der Waals surface area (Å²) < 4.78 is 2.18. The van der Waals surface area contributed by atoms with Crippen molar-refractivity contribution in [3.05, 3.63) is 30.6 Å². The normalized spacial score (nSPS) is 23.7. The highest BCUT2D eigenvalue weighted by Crippen LogP contribution is 2.27. The first-order valence-electron chi connectivity index (χ1n) is 7.24. The van der Waals surface area contributed by atoms with Gasteiger partial charge in [0.25, 0.3) is 0 Å². The quantitative estimate of drug-likeness (QED) is 0.919. The van der Waals surface area contributed by atoms with Crippen LogP contribution in [0.25, 0.3) is 5.65 Å². The maximum Gasteiger partial charge on any atom is 0.138 e. The minimum Gasteiger partial charge on any atom is -0.355 e. The Kier molecular flexibility index (Phi) is 3.42. The molecule has 1 aliphatic rings. The molecule has 0 atom stereocenters. The fourth-order valence-electron chi connectivity index (χ4n) is 3.19. The number of rotatable bonds is 3. The van der Waals surface area contributed by atoms with E-state index in [1.54, 1.807) is 0 Å². The minimum absolute atomic E-state index is 0.402. The maximum atomic E-state index is 6.02. The van der Waals surface area contributed by atoms with E-state index in [-0.39, 0.29) is 0 Å². The number of hydrogen-bond donors (Lipinski definition) is 1. The van der Waals surface area contributed by atoms with Crippen LogP contribution in [0.1, 0.15) is 32.6 Å². The topological polar surface area (TPSA) is 46.6 Å². The van der Waals surface area contributed by atoms with Gasteiger partial charge >= 0.3 is 0 Å². The predicted octanol–water partition coefficient (Wildman–Crippen LogP) is 2.43. The van der Waals surface area contributed by atoms with Crippen molar-refractivity contribution >= 4 is 11.5 Å². The van der Waals surface area contributed by atoms with E-state index in [1.807, 2.05) is 18.5 Å². The highest BCUT2D eigenvalue weighted by atomic mass is 15.2. The summed E-state index contributed by atoms with van der Waals surface area (Å²) in [6, 6.07) is 7.34. The van der Waals surface area contributed by atoms with E-state index >= 15 is 0 Å². The molecular formula is C15H22N4. The molecule has 4 nitrogen and oxygen atoms in total. The Bertz CT molecular complexity index is 540. The predicted molar refractivity (Wildman–Crippen MR) is 78.4 cm³/mol. The molecule has 0 amide bonds. The van der Waals surface area contributed by atoms with Crippen molar-refractivity contribution in [3.8, 4) is 0 Å². The highest BCUT2D eigenvalue weighted by Gasteiger charge is 2.24. The number of nitrogens with two attached hydrogens (primary N) is 1. The summed E-state index contributed by atoms with van der Waals surface area (Å²) in [7, 11) is 0. The van der Waals surface area contributed by atoms with Gasteiger partial charge in [-0.3, -0.25) is 4.40 Å². The van der Waals surface area contributed by atoms with Crippen LogP contribution >= 0.6 is 0 Å². The van der Waals surface area contributed by atoms with Gasteiger partial charge in [-0.2, -0.15) is 0 Å². The number of aromatic nitrogens is 2. The first-order valence-corrected chi connectivity index (χ1v) is 7.24. The average molecular weight is 258 g/mol. The van der Waals surface area contributed by atoms with Crippen LogP contribution in [0.4, 0.5) is 5.82 Å². The van der Waals surface area contributed by atoms with Crippen molar-refractivity contribution < 1.29 is 0 Å². The lowest BCUT2D eigenvalue weighted by Crippen LogP contribution is -2.41. The largest absolute Gasteiger partial charge is 0.355 e. The lowest BCUT2D eigenvalue weighted by Gasteiger charge is -2.37. The number of pyridine rings is 1. The van der Waals surface area contributed by atoms with Crippen molar-refractivity contribution in [1.29, 1.82) is 0 Å². The molecule has 19 heavy (non-hydrogen) atoms. The monoisotopic (exact) mass is 258 g/mol. The lowest BCUT2D eigenvalue weighted by molar-refractivity contribution is 0.376. The van der Waals surface area contributed by atoms with Gasteiger partial charge in [0.1, 0.15) is 11.5 Å². The summed E-state index contributed by atoms with van der Waals surface area (Å²) in [5.74, 6) is 1.25. The summed E-state index contributed by atoms with van der Waals surface area (Å²) in [5.41, 5.74) is 7.03. The van der Waals surface area contributed by atoms with E-state index < -0.39 is 0 Å². The van der Waals surface area contributed by atoms with Crippen molar-refractivity contribution in [2.45, 2.75) is 44.7 Å². The standard InChI is InChI=1S/C15H22N4/c1-2-18(13-8-6-12(16)7-9-13)15-5-3-4-14-17-10-11-19(14)15/h3-5,10-13H,2,6-9,16H2,1H3. The molecule has 0 radical (unpaired) electrons. The molecule has 0 spiro atoms. The zero-order valence-electron chi connectivity index (χ0n) is 11.5. The molecule has 1 fully saturated rings. The smallest absolute Gasteiger partial charge is 0.138 e. The molecule has 0 aromatic carbocycles. The molecule has 102 valence electrons. The van der Waals surface area contributed by atoms with E-state index in [1.165, 1.54) is 18.7 Å². The molecule has 2 aromatic rings. The molecule has 2 heterocycles. The van der Waals surface area contributed by atoms with Gasteiger partial charge in [-0.1, -0.05) is 6.07 Å². The lowest BCUT2D eigenvalue weighted by atomic mass is 9.90.